The molecule has 1 N–H and O–H groups in total. The Labute approximate surface area is 111 Å². The van der Waals surface area contributed by atoms with Crippen molar-refractivity contribution < 1.29 is 31.1 Å². The van der Waals surface area contributed by atoms with Crippen LogP contribution in [0.3, 0.4) is 0 Å². The van der Waals surface area contributed by atoms with Crippen LogP contribution in [0.2, 0.25) is 0 Å². The Morgan fingerprint density at radius 1 is 1.21 bits per heavy atom. The average Bonchev–Trinajstić information content (AvgIpc) is 2.24. The lowest BCUT2D eigenvalue weighted by molar-refractivity contribution is -0.267. The Hall–Kier alpha value is -1.25. The number of aryl methyl sites for hydroxylation is 1. The quantitative estimate of drug-likeness (QED) is 0.802. The van der Waals surface area contributed by atoms with Gasteiger partial charge in [0.15, 0.2) is 0 Å². The summed E-state index contributed by atoms with van der Waals surface area (Å²) in [5, 5.41) is 1.42. The summed E-state index contributed by atoms with van der Waals surface area (Å²) in [6, 6.07) is 1.78. The Bertz CT molecular complexity index is 513. The molecular weight excluding hydrogens is 344 g/mol. The third-order valence-electron chi connectivity index (χ3n) is 2.16. The number of amides is 1. The fraction of sp³-hybridized carbons (Fsp3) is 0.300. The minimum Gasteiger partial charge on any atom is -0.320 e. The van der Waals surface area contributed by atoms with Crippen LogP contribution in [0, 0.1) is 12.7 Å². The van der Waals surface area contributed by atoms with Crippen LogP contribution in [0.5, 0.6) is 0 Å². The highest BCUT2D eigenvalue weighted by Crippen LogP contribution is 2.36. The number of hydrogen-bond donors (Lipinski definition) is 1. The molecular formula is C10H6BrF6NO. The van der Waals surface area contributed by atoms with Gasteiger partial charge in [-0.15, -0.1) is 0 Å². The molecule has 0 fully saturated rings. The smallest absolute Gasteiger partial charge is 0.320 e. The van der Waals surface area contributed by atoms with E-state index in [-0.39, 0.29) is 15.7 Å². The topological polar surface area (TPSA) is 29.1 Å². The van der Waals surface area contributed by atoms with Gasteiger partial charge in [0, 0.05) is 5.69 Å². The van der Waals surface area contributed by atoms with E-state index in [0.29, 0.717) is 0 Å². The molecule has 0 aliphatic heterocycles. The van der Waals surface area contributed by atoms with Crippen molar-refractivity contribution in [2.45, 2.75) is 19.0 Å². The highest BCUT2D eigenvalue weighted by atomic mass is 79.9. The van der Waals surface area contributed by atoms with Gasteiger partial charge in [-0.2, -0.15) is 22.0 Å². The molecule has 0 spiro atoms. The van der Waals surface area contributed by atoms with Crippen LogP contribution in [0.4, 0.5) is 32.0 Å². The van der Waals surface area contributed by atoms with E-state index in [1.165, 1.54) is 12.2 Å². The van der Waals surface area contributed by atoms with Crippen molar-refractivity contribution in [2.75, 3.05) is 5.32 Å². The van der Waals surface area contributed by atoms with E-state index in [0.717, 1.165) is 12.1 Å². The second-order valence-corrected chi connectivity index (χ2v) is 4.46. The Kier molecular flexibility index (Phi) is 4.18. The monoisotopic (exact) mass is 349 g/mol. The lowest BCUT2D eigenvalue weighted by Gasteiger charge is -2.19. The van der Waals surface area contributed by atoms with Crippen LogP contribution in [-0.2, 0) is 4.79 Å². The third-order valence-corrected chi connectivity index (χ3v) is 2.76. The highest BCUT2D eigenvalue weighted by molar-refractivity contribution is 9.10. The maximum absolute atomic E-state index is 13.0. The molecule has 1 amide bonds. The number of rotatable bonds is 2. The number of hydrogen-bond acceptors (Lipinski definition) is 1. The average molecular weight is 350 g/mol. The molecule has 0 bridgehead atoms. The van der Waals surface area contributed by atoms with E-state index < -0.39 is 23.8 Å². The van der Waals surface area contributed by atoms with E-state index in [9.17, 15) is 31.1 Å². The summed E-state index contributed by atoms with van der Waals surface area (Å²) in [6.07, 6.45) is -6.00. The first-order valence-electron chi connectivity index (χ1n) is 4.68. The van der Waals surface area contributed by atoms with Crippen molar-refractivity contribution in [1.29, 1.82) is 0 Å². The molecule has 0 aromatic heterocycles. The summed E-state index contributed by atoms with van der Waals surface area (Å²) in [6.45, 7) is 1.25. The second kappa shape index (κ2) is 5.03. The van der Waals surface area contributed by atoms with Gasteiger partial charge in [-0.25, -0.2) is 4.39 Å². The van der Waals surface area contributed by atoms with Gasteiger partial charge >= 0.3 is 18.0 Å². The number of halogens is 7. The van der Waals surface area contributed by atoms with Gasteiger partial charge in [0.05, 0.1) is 4.47 Å². The number of carbonyl (C=O) groups is 1. The van der Waals surface area contributed by atoms with Crippen molar-refractivity contribution in [1.82, 2.24) is 0 Å². The molecule has 106 valence electrons. The molecule has 0 aliphatic rings. The molecule has 0 saturated carbocycles. The maximum atomic E-state index is 13.0. The van der Waals surface area contributed by atoms with Crippen molar-refractivity contribution in [2.24, 2.45) is 0 Å². The van der Waals surface area contributed by atoms with Crippen LogP contribution < -0.4 is 5.32 Å². The zero-order valence-electron chi connectivity index (χ0n) is 9.21. The van der Waals surface area contributed by atoms with Crippen molar-refractivity contribution >= 4 is 27.5 Å². The summed E-state index contributed by atoms with van der Waals surface area (Å²) in [5.74, 6) is -8.79. The van der Waals surface area contributed by atoms with E-state index >= 15 is 0 Å². The van der Waals surface area contributed by atoms with E-state index in [2.05, 4.69) is 15.9 Å². The fourth-order valence-corrected chi connectivity index (χ4v) is 1.45. The molecule has 0 atom stereocenters. The van der Waals surface area contributed by atoms with Gasteiger partial charge in [0.1, 0.15) is 5.82 Å². The first-order chi connectivity index (χ1) is 8.46. The molecule has 0 radical (unpaired) electrons. The third kappa shape index (κ3) is 3.20. The van der Waals surface area contributed by atoms with Crippen molar-refractivity contribution in [3.8, 4) is 0 Å². The SMILES string of the molecule is Cc1cc(F)c(Br)cc1NC(=O)C(F)(F)C(F)(F)F. The zero-order valence-corrected chi connectivity index (χ0v) is 10.8. The van der Waals surface area contributed by atoms with Gasteiger partial charge in [0.25, 0.3) is 0 Å². The van der Waals surface area contributed by atoms with E-state index in [4.69, 9.17) is 0 Å². The molecule has 0 aliphatic carbocycles. The highest BCUT2D eigenvalue weighted by Gasteiger charge is 2.63. The summed E-state index contributed by atoms with van der Waals surface area (Å²) in [5.41, 5.74) is -0.339. The van der Waals surface area contributed by atoms with Gasteiger partial charge in [-0.3, -0.25) is 4.79 Å². The molecule has 1 rings (SSSR count). The predicted octanol–water partition coefficient (Wildman–Crippen LogP) is 4.03. The summed E-state index contributed by atoms with van der Waals surface area (Å²) >= 11 is 2.72. The van der Waals surface area contributed by atoms with Gasteiger partial charge < -0.3 is 5.32 Å². The van der Waals surface area contributed by atoms with Crippen molar-refractivity contribution in [3.63, 3.8) is 0 Å². The first kappa shape index (κ1) is 15.8. The minimum atomic E-state index is -6.00. The largest absolute Gasteiger partial charge is 0.463 e. The predicted molar refractivity (Wildman–Crippen MR) is 58.5 cm³/mol. The first-order valence-corrected chi connectivity index (χ1v) is 5.47. The number of benzene rings is 1. The number of alkyl halides is 5. The Balaban J connectivity index is 3.05. The van der Waals surface area contributed by atoms with Gasteiger partial charge in [-0.05, 0) is 40.5 Å². The van der Waals surface area contributed by atoms with Gasteiger partial charge in [0.2, 0.25) is 0 Å². The summed E-state index contributed by atoms with van der Waals surface area (Å²) < 4.78 is 74.1. The lowest BCUT2D eigenvalue weighted by Crippen LogP contribution is -2.47. The summed E-state index contributed by atoms with van der Waals surface area (Å²) in [4.78, 5) is 10.9. The molecule has 0 saturated heterocycles. The molecule has 19 heavy (non-hydrogen) atoms. The number of nitrogens with one attached hydrogen (secondary N) is 1. The molecule has 0 unspecified atom stereocenters. The van der Waals surface area contributed by atoms with E-state index in [1.807, 2.05) is 0 Å². The van der Waals surface area contributed by atoms with E-state index in [1.54, 1.807) is 0 Å². The van der Waals surface area contributed by atoms with Crippen LogP contribution in [0.1, 0.15) is 5.56 Å². The van der Waals surface area contributed by atoms with Gasteiger partial charge in [-0.1, -0.05) is 0 Å². The standard InChI is InChI=1S/C10H6BrF6NO/c1-4-2-6(12)5(11)3-7(4)18-8(19)9(13,14)10(15,16)17/h2-3H,1H3,(H,18,19). The number of carbonyl (C=O) groups excluding carboxylic acids is 1. The van der Waals surface area contributed by atoms with Crippen LogP contribution in [0.15, 0.2) is 16.6 Å². The molecule has 0 heterocycles. The second-order valence-electron chi connectivity index (χ2n) is 3.61. The Morgan fingerprint density at radius 2 is 1.74 bits per heavy atom. The fourth-order valence-electron chi connectivity index (χ4n) is 1.11. The zero-order chi connectivity index (χ0) is 15.0. The lowest BCUT2D eigenvalue weighted by atomic mass is 10.2. The van der Waals surface area contributed by atoms with Crippen LogP contribution >= 0.6 is 15.9 Å². The molecule has 9 heteroatoms. The minimum absolute atomic E-state index is 0.00650. The number of anilines is 1. The maximum Gasteiger partial charge on any atom is 0.463 e. The molecule has 2 nitrogen and oxygen atoms in total. The normalized spacial score (nSPS) is 12.4. The molecule has 1 aromatic rings. The summed E-state index contributed by atoms with van der Waals surface area (Å²) in [7, 11) is 0. The van der Waals surface area contributed by atoms with Crippen molar-refractivity contribution in [3.05, 3.63) is 28.0 Å². The Morgan fingerprint density at radius 3 is 2.21 bits per heavy atom. The molecule has 1 aromatic carbocycles. The van der Waals surface area contributed by atoms with Crippen LogP contribution in [0.25, 0.3) is 0 Å². The van der Waals surface area contributed by atoms with Crippen LogP contribution in [-0.4, -0.2) is 18.0 Å².